The van der Waals surface area contributed by atoms with E-state index in [1.54, 1.807) is 25.3 Å². The van der Waals surface area contributed by atoms with E-state index in [9.17, 15) is 4.79 Å². The zero-order valence-corrected chi connectivity index (χ0v) is 17.3. The molecule has 0 aliphatic carbocycles. The van der Waals surface area contributed by atoms with E-state index in [1.165, 1.54) is 10.5 Å². The Morgan fingerprint density at radius 2 is 2.00 bits per heavy atom. The lowest BCUT2D eigenvalue weighted by Crippen LogP contribution is -3.11. The number of ether oxygens (including phenoxy) is 3. The Bertz CT molecular complexity index is 889. The molecule has 2 aromatic rings. The molecule has 2 heterocycles. The average molecular weight is 418 g/mol. The van der Waals surface area contributed by atoms with Gasteiger partial charge in [0.1, 0.15) is 11.8 Å². The second-order valence-electron chi connectivity index (χ2n) is 7.43. The van der Waals surface area contributed by atoms with Gasteiger partial charge in [0.05, 0.1) is 31.9 Å². The van der Waals surface area contributed by atoms with Crippen LogP contribution in [0.2, 0.25) is 5.02 Å². The highest BCUT2D eigenvalue weighted by Crippen LogP contribution is 2.33. The number of anilines is 1. The number of hydrogen-bond donors (Lipinski definition) is 2. The maximum absolute atomic E-state index is 12.6. The van der Waals surface area contributed by atoms with E-state index < -0.39 is 0 Å². The normalized spacial score (nSPS) is 20.8. The number of fused-ring (bicyclic) bond motifs is 1. The van der Waals surface area contributed by atoms with E-state index in [4.69, 9.17) is 25.8 Å². The van der Waals surface area contributed by atoms with Crippen molar-refractivity contribution in [3.05, 3.63) is 47.0 Å². The summed E-state index contributed by atoms with van der Waals surface area (Å²) in [5.74, 6) is 2.18. The number of benzene rings is 2. The van der Waals surface area contributed by atoms with Crippen LogP contribution in [0.5, 0.6) is 17.2 Å². The molecule has 0 saturated carbocycles. The van der Waals surface area contributed by atoms with E-state index in [-0.39, 0.29) is 11.9 Å². The van der Waals surface area contributed by atoms with Crippen LogP contribution in [-0.2, 0) is 4.79 Å². The lowest BCUT2D eigenvalue weighted by molar-refractivity contribution is -0.910. The van der Waals surface area contributed by atoms with Crippen molar-refractivity contribution >= 4 is 23.2 Å². The number of carbonyl (C=O) groups is 1. The standard InChI is InChI=1S/C22H25ClN2O4/c1-27-19-8-6-16(13-17(19)23)24-22(26)14-25-9-2-4-18(25)15-5-7-20-21(12-15)29-11-3-10-28-20/h5-8,12-13,18H,2-4,9-11,14H2,1H3,(H,24,26)/p+1/t18-/m1/s1. The summed E-state index contributed by atoms with van der Waals surface area (Å²) in [4.78, 5) is 13.9. The molecule has 1 saturated heterocycles. The molecule has 1 fully saturated rings. The van der Waals surface area contributed by atoms with Crippen molar-refractivity contribution in [2.24, 2.45) is 0 Å². The first-order valence-electron chi connectivity index (χ1n) is 10.0. The molecular formula is C22H26ClN2O4+. The third-order valence-electron chi connectivity index (χ3n) is 5.48. The van der Waals surface area contributed by atoms with Gasteiger partial charge in [0.15, 0.2) is 18.0 Å². The van der Waals surface area contributed by atoms with Gasteiger partial charge in [0.2, 0.25) is 0 Å². The summed E-state index contributed by atoms with van der Waals surface area (Å²) < 4.78 is 16.7. The summed E-state index contributed by atoms with van der Waals surface area (Å²) in [6.07, 6.45) is 3.03. The Morgan fingerprint density at radius 1 is 1.17 bits per heavy atom. The van der Waals surface area contributed by atoms with Crippen molar-refractivity contribution in [1.82, 2.24) is 0 Å². The van der Waals surface area contributed by atoms with Crippen molar-refractivity contribution in [3.63, 3.8) is 0 Å². The second-order valence-corrected chi connectivity index (χ2v) is 7.84. The zero-order valence-electron chi connectivity index (χ0n) is 16.5. The van der Waals surface area contributed by atoms with Crippen LogP contribution >= 0.6 is 11.6 Å². The Balaban J connectivity index is 1.43. The molecule has 2 N–H and O–H groups in total. The molecule has 29 heavy (non-hydrogen) atoms. The maximum Gasteiger partial charge on any atom is 0.279 e. The van der Waals surface area contributed by atoms with Gasteiger partial charge in [-0.3, -0.25) is 4.79 Å². The van der Waals surface area contributed by atoms with Crippen LogP contribution in [0.15, 0.2) is 36.4 Å². The number of carbonyl (C=O) groups excluding carboxylic acids is 1. The van der Waals surface area contributed by atoms with Crippen molar-refractivity contribution in [3.8, 4) is 17.2 Å². The summed E-state index contributed by atoms with van der Waals surface area (Å²) in [5.41, 5.74) is 1.87. The molecular weight excluding hydrogens is 392 g/mol. The van der Waals surface area contributed by atoms with Gasteiger partial charge in [-0.15, -0.1) is 0 Å². The second kappa shape index (κ2) is 8.93. The molecule has 2 aromatic carbocycles. The van der Waals surface area contributed by atoms with Gasteiger partial charge < -0.3 is 24.4 Å². The van der Waals surface area contributed by atoms with E-state index >= 15 is 0 Å². The number of methoxy groups -OCH3 is 1. The van der Waals surface area contributed by atoms with Crippen molar-refractivity contribution in [1.29, 1.82) is 0 Å². The minimum atomic E-state index is -0.0255. The van der Waals surface area contributed by atoms with Gasteiger partial charge in [-0.25, -0.2) is 0 Å². The Hall–Kier alpha value is -2.44. The molecule has 0 radical (unpaired) electrons. The number of hydrogen-bond acceptors (Lipinski definition) is 4. The first-order valence-corrected chi connectivity index (χ1v) is 10.4. The van der Waals surface area contributed by atoms with Gasteiger partial charge in [0.25, 0.3) is 5.91 Å². The lowest BCUT2D eigenvalue weighted by Gasteiger charge is -2.22. The van der Waals surface area contributed by atoms with Crippen LogP contribution in [0.1, 0.15) is 30.9 Å². The largest absolute Gasteiger partial charge is 0.495 e. The number of likely N-dealkylation sites (tertiary alicyclic amines) is 1. The summed E-state index contributed by atoms with van der Waals surface area (Å²) in [5, 5.41) is 3.42. The summed E-state index contributed by atoms with van der Waals surface area (Å²) in [7, 11) is 1.57. The van der Waals surface area contributed by atoms with Gasteiger partial charge >= 0.3 is 0 Å². The van der Waals surface area contributed by atoms with Crippen LogP contribution < -0.4 is 24.4 Å². The Morgan fingerprint density at radius 3 is 2.79 bits per heavy atom. The molecule has 154 valence electrons. The third-order valence-corrected chi connectivity index (χ3v) is 5.78. The topological polar surface area (TPSA) is 61.2 Å². The highest BCUT2D eigenvalue weighted by molar-refractivity contribution is 6.32. The Kier molecular flexibility index (Phi) is 6.11. The van der Waals surface area contributed by atoms with E-state index in [1.807, 2.05) is 6.07 Å². The maximum atomic E-state index is 12.6. The number of quaternary nitrogens is 1. The molecule has 0 bridgehead atoms. The fraction of sp³-hybridized carbons (Fsp3) is 0.409. The van der Waals surface area contributed by atoms with Gasteiger partial charge in [-0.05, 0) is 36.4 Å². The number of amides is 1. The Labute approximate surface area is 175 Å². The van der Waals surface area contributed by atoms with Gasteiger partial charge in [-0.1, -0.05) is 11.6 Å². The minimum absolute atomic E-state index is 0.0255. The molecule has 2 aliphatic heterocycles. The summed E-state index contributed by atoms with van der Waals surface area (Å²) in [6, 6.07) is 11.7. The molecule has 0 spiro atoms. The van der Waals surface area contributed by atoms with Gasteiger partial charge in [-0.2, -0.15) is 0 Å². The number of halogens is 1. The van der Waals surface area contributed by atoms with Crippen molar-refractivity contribution < 1.29 is 23.9 Å². The number of nitrogens with one attached hydrogen (secondary N) is 2. The summed E-state index contributed by atoms with van der Waals surface area (Å²) >= 11 is 6.15. The van der Waals surface area contributed by atoms with Crippen LogP contribution in [0, 0.1) is 0 Å². The molecule has 2 aliphatic rings. The van der Waals surface area contributed by atoms with Crippen LogP contribution in [-0.4, -0.2) is 39.3 Å². The highest BCUT2D eigenvalue weighted by atomic mass is 35.5. The van der Waals surface area contributed by atoms with Crippen molar-refractivity contribution in [2.45, 2.75) is 25.3 Å². The monoisotopic (exact) mass is 417 g/mol. The molecule has 0 aromatic heterocycles. The third kappa shape index (κ3) is 4.60. The molecule has 2 atom stereocenters. The predicted octanol–water partition coefficient (Wildman–Crippen LogP) is 2.87. The van der Waals surface area contributed by atoms with Crippen LogP contribution in [0.4, 0.5) is 5.69 Å². The van der Waals surface area contributed by atoms with E-state index in [2.05, 4.69) is 17.4 Å². The number of rotatable bonds is 5. The van der Waals surface area contributed by atoms with Crippen LogP contribution in [0.3, 0.4) is 0 Å². The summed E-state index contributed by atoms with van der Waals surface area (Å²) in [6.45, 7) is 2.73. The fourth-order valence-corrected chi connectivity index (χ4v) is 4.34. The molecule has 6 nitrogen and oxygen atoms in total. The molecule has 1 unspecified atom stereocenters. The lowest BCUT2D eigenvalue weighted by atomic mass is 10.0. The molecule has 1 amide bonds. The zero-order chi connectivity index (χ0) is 20.2. The van der Waals surface area contributed by atoms with E-state index in [0.717, 1.165) is 37.3 Å². The minimum Gasteiger partial charge on any atom is -0.495 e. The molecule has 4 rings (SSSR count). The predicted molar refractivity (Wildman–Crippen MR) is 111 cm³/mol. The van der Waals surface area contributed by atoms with Crippen molar-refractivity contribution in [2.75, 3.05) is 38.7 Å². The fourth-order valence-electron chi connectivity index (χ4n) is 4.08. The van der Waals surface area contributed by atoms with Crippen LogP contribution in [0.25, 0.3) is 0 Å². The first kappa shape index (κ1) is 19.9. The molecule has 7 heteroatoms. The first-order chi connectivity index (χ1) is 14.1. The SMILES string of the molecule is COc1ccc(NC(=O)C[NH+]2CCC[C@@H]2c2ccc3c(c2)OCCCO3)cc1Cl. The highest BCUT2D eigenvalue weighted by Gasteiger charge is 2.32. The van der Waals surface area contributed by atoms with E-state index in [0.29, 0.717) is 36.2 Å². The van der Waals surface area contributed by atoms with Gasteiger partial charge in [0, 0.05) is 30.5 Å². The quantitative estimate of drug-likeness (QED) is 0.785. The smallest absolute Gasteiger partial charge is 0.279 e. The average Bonchev–Trinajstić information content (AvgIpc) is 3.03.